The summed E-state index contributed by atoms with van der Waals surface area (Å²) in [6.07, 6.45) is 1.37. The summed E-state index contributed by atoms with van der Waals surface area (Å²) in [5.41, 5.74) is 0.825. The molecule has 160 valence electrons. The number of sulfone groups is 1. The van der Waals surface area contributed by atoms with E-state index in [-0.39, 0.29) is 35.5 Å². The third-order valence-corrected chi connectivity index (χ3v) is 5.69. The first-order chi connectivity index (χ1) is 13.6. The third-order valence-electron chi connectivity index (χ3n) is 4.00. The maximum atomic E-state index is 12.2. The summed E-state index contributed by atoms with van der Waals surface area (Å²) in [5.74, 6) is 1.76. The van der Waals surface area contributed by atoms with E-state index in [1.807, 2.05) is 60.7 Å². The Kier molecular flexibility index (Phi) is 12.4. The normalized spacial score (nSPS) is 11.4. The quantitative estimate of drug-likeness (QED) is 0.202. The average Bonchev–Trinajstić information content (AvgIpc) is 2.70. The highest BCUT2D eigenvalue weighted by Gasteiger charge is 2.11. The van der Waals surface area contributed by atoms with Crippen molar-refractivity contribution in [3.05, 3.63) is 66.2 Å². The van der Waals surface area contributed by atoms with Gasteiger partial charge in [-0.2, -0.15) is 0 Å². The third kappa shape index (κ3) is 11.1. The molecule has 0 aliphatic heterocycles. The minimum Gasteiger partial charge on any atom is -0.494 e. The van der Waals surface area contributed by atoms with E-state index in [1.165, 1.54) is 0 Å². The largest absolute Gasteiger partial charge is 0.494 e. The highest BCUT2D eigenvalue weighted by molar-refractivity contribution is 14.0. The second-order valence-corrected chi connectivity index (χ2v) is 8.56. The van der Waals surface area contributed by atoms with E-state index in [4.69, 9.17) is 4.74 Å². The Morgan fingerprint density at radius 1 is 0.931 bits per heavy atom. The predicted molar refractivity (Wildman–Crippen MR) is 130 cm³/mol. The van der Waals surface area contributed by atoms with Crippen LogP contribution in [0.15, 0.2) is 65.7 Å². The second kappa shape index (κ2) is 14.2. The number of hydrogen-bond acceptors (Lipinski definition) is 4. The fraction of sp³-hybridized carbons (Fsp3) is 0.381. The lowest BCUT2D eigenvalue weighted by Gasteiger charge is -2.12. The Morgan fingerprint density at radius 3 is 2.14 bits per heavy atom. The van der Waals surface area contributed by atoms with Crippen molar-refractivity contribution in [2.24, 2.45) is 4.99 Å². The number of para-hydroxylation sites is 1. The molecule has 2 aromatic carbocycles. The van der Waals surface area contributed by atoms with Crippen molar-refractivity contribution in [2.45, 2.75) is 18.6 Å². The van der Waals surface area contributed by atoms with E-state index in [0.29, 0.717) is 25.5 Å². The maximum absolute atomic E-state index is 12.2. The van der Waals surface area contributed by atoms with Crippen LogP contribution < -0.4 is 15.4 Å². The van der Waals surface area contributed by atoms with Crippen LogP contribution >= 0.6 is 24.0 Å². The zero-order valence-corrected chi connectivity index (χ0v) is 19.9. The van der Waals surface area contributed by atoms with Crippen LogP contribution in [0.5, 0.6) is 5.75 Å². The Labute approximate surface area is 191 Å². The molecule has 0 radical (unpaired) electrons. The highest BCUT2D eigenvalue weighted by atomic mass is 127. The van der Waals surface area contributed by atoms with Gasteiger partial charge in [0.25, 0.3) is 0 Å². The maximum Gasteiger partial charge on any atom is 0.190 e. The van der Waals surface area contributed by atoms with Gasteiger partial charge in [0.1, 0.15) is 5.75 Å². The molecule has 0 bridgehead atoms. The smallest absolute Gasteiger partial charge is 0.190 e. The van der Waals surface area contributed by atoms with Crippen LogP contribution in [0.2, 0.25) is 0 Å². The first kappa shape index (κ1) is 25.2. The van der Waals surface area contributed by atoms with E-state index in [1.54, 1.807) is 7.05 Å². The first-order valence-corrected chi connectivity index (χ1v) is 11.3. The summed E-state index contributed by atoms with van der Waals surface area (Å²) in [7, 11) is -1.41. The molecule has 2 aromatic rings. The standard InChI is InChI=1S/C21H29N3O3S.HI/c1-22-21(23-14-8-16-27-20-12-6-3-7-13-20)24-15-9-17-28(25,26)18-19-10-4-2-5-11-19;/h2-7,10-13H,8-9,14-18H2,1H3,(H2,22,23,24);1H. The summed E-state index contributed by atoms with van der Waals surface area (Å²) in [4.78, 5) is 4.15. The van der Waals surface area contributed by atoms with Gasteiger partial charge in [0.2, 0.25) is 0 Å². The van der Waals surface area contributed by atoms with E-state index in [0.717, 1.165) is 24.3 Å². The Morgan fingerprint density at radius 2 is 1.52 bits per heavy atom. The molecule has 0 saturated heterocycles. The van der Waals surface area contributed by atoms with Crippen LogP contribution in [0.3, 0.4) is 0 Å². The van der Waals surface area contributed by atoms with Gasteiger partial charge in [-0.25, -0.2) is 8.42 Å². The number of nitrogens with zero attached hydrogens (tertiary/aromatic N) is 1. The van der Waals surface area contributed by atoms with Crippen molar-refractivity contribution in [1.29, 1.82) is 0 Å². The molecule has 0 heterocycles. The summed E-state index contributed by atoms with van der Waals surface area (Å²) >= 11 is 0. The van der Waals surface area contributed by atoms with Crippen LogP contribution in [0.25, 0.3) is 0 Å². The number of ether oxygens (including phenoxy) is 1. The lowest BCUT2D eigenvalue weighted by Crippen LogP contribution is -2.39. The predicted octanol–water partition coefficient (Wildman–Crippen LogP) is 3.24. The van der Waals surface area contributed by atoms with Crippen LogP contribution in [0.4, 0.5) is 0 Å². The molecule has 0 aromatic heterocycles. The molecule has 0 atom stereocenters. The molecule has 0 saturated carbocycles. The molecule has 0 aliphatic carbocycles. The van der Waals surface area contributed by atoms with Crippen molar-refractivity contribution in [2.75, 3.05) is 32.5 Å². The summed E-state index contributed by atoms with van der Waals surface area (Å²) in [5, 5.41) is 6.35. The zero-order valence-electron chi connectivity index (χ0n) is 16.7. The number of aliphatic imine (C=N–C) groups is 1. The molecular formula is C21H30IN3O3S. The van der Waals surface area contributed by atoms with E-state index in [9.17, 15) is 8.42 Å². The minimum atomic E-state index is -3.11. The van der Waals surface area contributed by atoms with Crippen molar-refractivity contribution >= 4 is 39.8 Å². The summed E-state index contributed by atoms with van der Waals surface area (Å²) in [6.45, 7) is 1.89. The van der Waals surface area contributed by atoms with Gasteiger partial charge in [-0.1, -0.05) is 48.5 Å². The van der Waals surface area contributed by atoms with Gasteiger partial charge in [-0.05, 0) is 30.5 Å². The summed E-state index contributed by atoms with van der Waals surface area (Å²) in [6, 6.07) is 19.0. The average molecular weight is 531 g/mol. The fourth-order valence-corrected chi connectivity index (χ4v) is 4.03. The Balaban J connectivity index is 0.00000420. The molecule has 0 unspecified atom stereocenters. The Bertz CT molecular complexity index is 816. The topological polar surface area (TPSA) is 79.8 Å². The van der Waals surface area contributed by atoms with Crippen LogP contribution in [-0.2, 0) is 15.6 Å². The minimum absolute atomic E-state index is 0. The van der Waals surface area contributed by atoms with Gasteiger partial charge in [-0.3, -0.25) is 4.99 Å². The Hall–Kier alpha value is -1.81. The number of hydrogen-bond donors (Lipinski definition) is 2. The van der Waals surface area contributed by atoms with Gasteiger partial charge in [-0.15, -0.1) is 24.0 Å². The van der Waals surface area contributed by atoms with Crippen LogP contribution in [0, 0.1) is 0 Å². The fourth-order valence-electron chi connectivity index (χ4n) is 2.61. The molecule has 0 aliphatic rings. The molecular weight excluding hydrogens is 501 g/mol. The van der Waals surface area contributed by atoms with Crippen LogP contribution in [-0.4, -0.2) is 46.9 Å². The number of guanidine groups is 1. The molecule has 8 heteroatoms. The van der Waals surface area contributed by atoms with E-state index < -0.39 is 9.84 Å². The van der Waals surface area contributed by atoms with Crippen molar-refractivity contribution in [3.8, 4) is 5.75 Å². The number of nitrogens with one attached hydrogen (secondary N) is 2. The highest BCUT2D eigenvalue weighted by Crippen LogP contribution is 2.08. The zero-order chi connectivity index (χ0) is 20.1. The van der Waals surface area contributed by atoms with Crippen molar-refractivity contribution < 1.29 is 13.2 Å². The number of benzene rings is 2. The first-order valence-electron chi connectivity index (χ1n) is 9.46. The van der Waals surface area contributed by atoms with E-state index in [2.05, 4.69) is 15.6 Å². The second-order valence-electron chi connectivity index (χ2n) is 6.37. The van der Waals surface area contributed by atoms with Gasteiger partial charge < -0.3 is 15.4 Å². The number of halogens is 1. The van der Waals surface area contributed by atoms with Crippen molar-refractivity contribution in [3.63, 3.8) is 0 Å². The van der Waals surface area contributed by atoms with E-state index >= 15 is 0 Å². The molecule has 0 amide bonds. The molecule has 0 spiro atoms. The van der Waals surface area contributed by atoms with Gasteiger partial charge in [0.15, 0.2) is 15.8 Å². The number of rotatable bonds is 11. The van der Waals surface area contributed by atoms with Gasteiger partial charge in [0.05, 0.1) is 18.1 Å². The lowest BCUT2D eigenvalue weighted by atomic mass is 10.2. The van der Waals surface area contributed by atoms with Gasteiger partial charge >= 0.3 is 0 Å². The molecule has 6 nitrogen and oxygen atoms in total. The van der Waals surface area contributed by atoms with Gasteiger partial charge in [0, 0.05) is 20.1 Å². The van der Waals surface area contributed by atoms with Crippen LogP contribution in [0.1, 0.15) is 18.4 Å². The lowest BCUT2D eigenvalue weighted by molar-refractivity contribution is 0.311. The molecule has 2 rings (SSSR count). The monoisotopic (exact) mass is 531 g/mol. The molecule has 29 heavy (non-hydrogen) atoms. The molecule has 0 fully saturated rings. The van der Waals surface area contributed by atoms with Crippen molar-refractivity contribution in [1.82, 2.24) is 10.6 Å². The SMILES string of the molecule is CN=C(NCCCOc1ccccc1)NCCCS(=O)(=O)Cc1ccccc1.I. The summed E-state index contributed by atoms with van der Waals surface area (Å²) < 4.78 is 30.0. The molecule has 2 N–H and O–H groups in total.